The number of nitrogens with zero attached hydrogens (tertiary/aromatic N) is 2. The summed E-state index contributed by atoms with van der Waals surface area (Å²) in [4.78, 5) is 5.12. The summed E-state index contributed by atoms with van der Waals surface area (Å²) in [5.74, 6) is 1.03. The maximum Gasteiger partial charge on any atom is 0.331 e. The van der Waals surface area contributed by atoms with Crippen LogP contribution in [0.15, 0.2) is 36.5 Å². The number of rotatable bonds is 2. The molecule has 1 heterocycles. The first kappa shape index (κ1) is 20.5. The van der Waals surface area contributed by atoms with Gasteiger partial charge in [-0.1, -0.05) is 59.7 Å². The fourth-order valence-electron chi connectivity index (χ4n) is 3.79. The Labute approximate surface area is 170 Å². The van der Waals surface area contributed by atoms with Gasteiger partial charge in [0.2, 0.25) is 0 Å². The molecule has 0 bridgehead atoms. The van der Waals surface area contributed by atoms with Crippen LogP contribution in [0.4, 0.5) is 0 Å². The summed E-state index contributed by atoms with van der Waals surface area (Å²) in [7, 11) is 2.12. The zero-order chi connectivity index (χ0) is 20.9. The predicted molar refractivity (Wildman–Crippen MR) is 120 cm³/mol. The van der Waals surface area contributed by atoms with Crippen molar-refractivity contribution in [2.75, 3.05) is 0 Å². The van der Waals surface area contributed by atoms with Gasteiger partial charge in [0.05, 0.1) is 18.0 Å². The summed E-state index contributed by atoms with van der Waals surface area (Å²) in [5.41, 5.74) is 8.03. The Hall–Kier alpha value is -2.22. The van der Waals surface area contributed by atoms with Gasteiger partial charge in [0.15, 0.2) is 5.52 Å². The van der Waals surface area contributed by atoms with E-state index in [0.29, 0.717) is 0 Å². The molecular formula is C26H35N2+. The van der Waals surface area contributed by atoms with Crippen molar-refractivity contribution in [2.24, 2.45) is 12.5 Å². The van der Waals surface area contributed by atoms with Gasteiger partial charge in [-0.05, 0) is 70.5 Å². The lowest BCUT2D eigenvalue weighted by Crippen LogP contribution is -2.32. The van der Waals surface area contributed by atoms with E-state index in [1.807, 2.05) is 0 Å². The van der Waals surface area contributed by atoms with Crippen LogP contribution in [-0.2, 0) is 18.9 Å². The minimum atomic E-state index is 0.114. The van der Waals surface area contributed by atoms with E-state index in [2.05, 4.69) is 104 Å². The molecule has 2 nitrogen and oxygen atoms in total. The third-order valence-electron chi connectivity index (χ3n) is 5.55. The zero-order valence-corrected chi connectivity index (χ0v) is 19.1. The van der Waals surface area contributed by atoms with Crippen molar-refractivity contribution < 1.29 is 4.57 Å². The van der Waals surface area contributed by atoms with E-state index in [1.165, 1.54) is 33.2 Å². The van der Waals surface area contributed by atoms with Crippen LogP contribution < -0.4 is 4.57 Å². The molecule has 3 rings (SSSR count). The van der Waals surface area contributed by atoms with Crippen molar-refractivity contribution in [1.82, 2.24) is 4.98 Å². The molecule has 0 amide bonds. The molecule has 0 N–H and O–H groups in total. The highest BCUT2D eigenvalue weighted by molar-refractivity contribution is 5.82. The summed E-state index contributed by atoms with van der Waals surface area (Å²) in [6.45, 7) is 18.1. The highest BCUT2D eigenvalue weighted by Gasteiger charge is 2.24. The van der Waals surface area contributed by atoms with Gasteiger partial charge in [-0.15, -0.1) is 0 Å². The van der Waals surface area contributed by atoms with Gasteiger partial charge in [-0.25, -0.2) is 4.57 Å². The fourth-order valence-corrected chi connectivity index (χ4v) is 3.79. The topological polar surface area (TPSA) is 16.8 Å². The van der Waals surface area contributed by atoms with Crippen LogP contribution in [0.3, 0.4) is 0 Å². The lowest BCUT2D eigenvalue weighted by molar-refractivity contribution is -0.661. The minimum absolute atomic E-state index is 0.114. The van der Waals surface area contributed by atoms with E-state index in [9.17, 15) is 0 Å². The van der Waals surface area contributed by atoms with Crippen LogP contribution in [-0.4, -0.2) is 4.98 Å². The molecule has 0 spiro atoms. The maximum absolute atomic E-state index is 5.12. The number of benzene rings is 2. The largest absolute Gasteiger partial charge is 0.331 e. The molecule has 2 heteroatoms. The molecule has 0 atom stereocenters. The maximum atomic E-state index is 5.12. The quantitative estimate of drug-likeness (QED) is 0.485. The van der Waals surface area contributed by atoms with E-state index in [-0.39, 0.29) is 10.8 Å². The Kier molecular flexibility index (Phi) is 5.12. The van der Waals surface area contributed by atoms with E-state index >= 15 is 0 Å². The highest BCUT2D eigenvalue weighted by Crippen LogP contribution is 2.32. The van der Waals surface area contributed by atoms with Gasteiger partial charge < -0.3 is 0 Å². The normalized spacial score (nSPS) is 12.6. The van der Waals surface area contributed by atoms with E-state index < -0.39 is 0 Å². The van der Waals surface area contributed by atoms with Crippen molar-refractivity contribution in [3.63, 3.8) is 0 Å². The van der Waals surface area contributed by atoms with Gasteiger partial charge in [0, 0.05) is 0 Å². The molecule has 28 heavy (non-hydrogen) atoms. The first-order valence-electron chi connectivity index (χ1n) is 10.3. The number of hydrogen-bond donors (Lipinski definition) is 0. The zero-order valence-electron chi connectivity index (χ0n) is 19.1. The molecule has 3 aromatic rings. The van der Waals surface area contributed by atoms with Crippen LogP contribution >= 0.6 is 0 Å². The van der Waals surface area contributed by atoms with Crippen LogP contribution in [0.5, 0.6) is 0 Å². The molecule has 0 aliphatic carbocycles. The third-order valence-corrected chi connectivity index (χ3v) is 5.55. The molecule has 0 saturated heterocycles. The summed E-state index contributed by atoms with van der Waals surface area (Å²) >= 11 is 0. The summed E-state index contributed by atoms with van der Waals surface area (Å²) in [5, 5.41) is 1.25. The molecule has 0 unspecified atom stereocenters. The number of aryl methyl sites for hydroxylation is 2. The number of hydrogen-bond acceptors (Lipinski definition) is 1. The Balaban J connectivity index is 2.23. The lowest BCUT2D eigenvalue weighted by atomic mass is 9.83. The Morgan fingerprint density at radius 1 is 0.964 bits per heavy atom. The van der Waals surface area contributed by atoms with E-state index in [4.69, 9.17) is 4.98 Å². The Morgan fingerprint density at radius 3 is 2.25 bits per heavy atom. The van der Waals surface area contributed by atoms with E-state index in [1.54, 1.807) is 0 Å². The average molecular weight is 376 g/mol. The van der Waals surface area contributed by atoms with Crippen LogP contribution in [0, 0.1) is 19.3 Å². The molecule has 1 aromatic heterocycles. The van der Waals surface area contributed by atoms with Gasteiger partial charge in [0.25, 0.3) is 0 Å². The third kappa shape index (κ3) is 4.11. The van der Waals surface area contributed by atoms with Crippen molar-refractivity contribution in [3.8, 4) is 11.4 Å². The summed E-state index contributed by atoms with van der Waals surface area (Å²) in [6.07, 6.45) is 3.31. The molecule has 0 fully saturated rings. The standard InChI is InChI=1S/C26H35N2/c1-17-13-20(26(6,7)8)14-21(18(17)2)24-27-23-12-10-11-19(15-25(3,4)5)22(23)16-28(24)9/h10-14,16H,15H2,1-9H3/q+1. The second kappa shape index (κ2) is 6.99. The lowest BCUT2D eigenvalue weighted by Gasteiger charge is -2.21. The summed E-state index contributed by atoms with van der Waals surface area (Å²) in [6, 6.07) is 11.2. The fraction of sp³-hybridized carbons (Fsp3) is 0.462. The first-order valence-corrected chi connectivity index (χ1v) is 10.3. The highest BCUT2D eigenvalue weighted by atomic mass is 15.0. The van der Waals surface area contributed by atoms with Crippen LogP contribution in [0.2, 0.25) is 0 Å². The van der Waals surface area contributed by atoms with Gasteiger partial charge >= 0.3 is 5.82 Å². The summed E-state index contributed by atoms with van der Waals surface area (Å²) < 4.78 is 2.20. The van der Waals surface area contributed by atoms with Gasteiger partial charge in [-0.2, -0.15) is 0 Å². The second-order valence-corrected chi connectivity index (χ2v) is 10.5. The van der Waals surface area contributed by atoms with E-state index in [0.717, 1.165) is 17.8 Å². The average Bonchev–Trinajstić information content (AvgIpc) is 2.55. The minimum Gasteiger partial charge on any atom is -0.232 e. The van der Waals surface area contributed by atoms with Crippen molar-refractivity contribution >= 4 is 10.9 Å². The predicted octanol–water partition coefficient (Wildman–Crippen LogP) is 6.23. The monoisotopic (exact) mass is 375 g/mol. The first-order chi connectivity index (χ1) is 12.9. The molecule has 2 aromatic carbocycles. The molecule has 0 aliphatic rings. The SMILES string of the molecule is Cc1cc(C(C)(C)C)cc(-c2nc3cccc(CC(C)(C)C)c3c[n+]2C)c1C. The molecule has 0 radical (unpaired) electrons. The van der Waals surface area contributed by atoms with Crippen molar-refractivity contribution in [3.05, 3.63) is 58.8 Å². The molecular weight excluding hydrogens is 340 g/mol. The van der Waals surface area contributed by atoms with Crippen LogP contribution in [0.1, 0.15) is 63.8 Å². The molecule has 0 aliphatic heterocycles. The number of aromatic nitrogens is 2. The molecule has 148 valence electrons. The van der Waals surface area contributed by atoms with Gasteiger partial charge in [0.1, 0.15) is 6.20 Å². The van der Waals surface area contributed by atoms with Crippen molar-refractivity contribution in [2.45, 2.75) is 67.2 Å². The Morgan fingerprint density at radius 2 is 1.64 bits per heavy atom. The number of fused-ring (bicyclic) bond motifs is 1. The second-order valence-electron chi connectivity index (χ2n) is 10.5. The molecule has 0 saturated carbocycles. The Bertz CT molecular complexity index is 1030. The smallest absolute Gasteiger partial charge is 0.232 e. The van der Waals surface area contributed by atoms with Gasteiger partial charge in [-0.3, -0.25) is 0 Å². The van der Waals surface area contributed by atoms with Crippen molar-refractivity contribution in [1.29, 1.82) is 0 Å². The van der Waals surface area contributed by atoms with Crippen LogP contribution in [0.25, 0.3) is 22.3 Å².